The standard InChI is InChI=1S/C22H18Cl2N4O/c1-13-8-10-16(11-9-13)27-21(24)17(14(2)25-27)12-18-15(3)26-28(22(18)29)20-7-5-4-6-19(20)23/h4-12H,1-3H3/b18-12-. The van der Waals surface area contributed by atoms with Gasteiger partial charge in [0.2, 0.25) is 0 Å². The van der Waals surface area contributed by atoms with Crippen LogP contribution in [0.15, 0.2) is 59.2 Å². The number of anilines is 1. The van der Waals surface area contributed by atoms with Crippen molar-refractivity contribution in [2.45, 2.75) is 20.8 Å². The lowest BCUT2D eigenvalue weighted by Crippen LogP contribution is -2.21. The van der Waals surface area contributed by atoms with Crippen molar-refractivity contribution < 1.29 is 4.79 Å². The molecule has 0 bridgehead atoms. The van der Waals surface area contributed by atoms with Gasteiger partial charge in [-0.2, -0.15) is 15.2 Å². The topological polar surface area (TPSA) is 50.5 Å². The summed E-state index contributed by atoms with van der Waals surface area (Å²) in [5.74, 6) is -0.255. The number of carbonyl (C=O) groups excluding carboxylic acids is 1. The Morgan fingerprint density at radius 3 is 2.34 bits per heavy atom. The molecule has 2 heterocycles. The quantitative estimate of drug-likeness (QED) is 0.513. The number of aryl methyl sites for hydroxylation is 2. The van der Waals surface area contributed by atoms with Crippen LogP contribution in [0.1, 0.15) is 23.7 Å². The van der Waals surface area contributed by atoms with Gasteiger partial charge >= 0.3 is 0 Å². The normalized spacial score (nSPS) is 15.3. The van der Waals surface area contributed by atoms with Gasteiger partial charge in [0.1, 0.15) is 5.15 Å². The number of halogens is 2. The van der Waals surface area contributed by atoms with Crippen LogP contribution in [0, 0.1) is 13.8 Å². The highest BCUT2D eigenvalue weighted by Crippen LogP contribution is 2.32. The molecule has 29 heavy (non-hydrogen) atoms. The number of rotatable bonds is 3. The van der Waals surface area contributed by atoms with Crippen LogP contribution in [0.2, 0.25) is 10.2 Å². The molecule has 146 valence electrons. The van der Waals surface area contributed by atoms with Gasteiger partial charge in [-0.3, -0.25) is 4.79 Å². The average molecular weight is 425 g/mol. The van der Waals surface area contributed by atoms with Gasteiger partial charge in [-0.1, -0.05) is 53.0 Å². The predicted molar refractivity (Wildman–Crippen MR) is 118 cm³/mol. The van der Waals surface area contributed by atoms with E-state index in [9.17, 15) is 4.79 Å². The van der Waals surface area contributed by atoms with Gasteiger partial charge in [-0.25, -0.2) is 4.68 Å². The molecule has 2 aromatic carbocycles. The van der Waals surface area contributed by atoms with E-state index in [1.54, 1.807) is 29.8 Å². The van der Waals surface area contributed by atoms with Gasteiger partial charge in [0.15, 0.2) is 0 Å². The third-order valence-electron chi connectivity index (χ3n) is 4.76. The molecule has 0 saturated heterocycles. The number of amides is 1. The van der Waals surface area contributed by atoms with Crippen molar-refractivity contribution in [1.82, 2.24) is 9.78 Å². The van der Waals surface area contributed by atoms with Crippen molar-refractivity contribution in [1.29, 1.82) is 0 Å². The summed E-state index contributed by atoms with van der Waals surface area (Å²) in [6, 6.07) is 15.0. The highest BCUT2D eigenvalue weighted by atomic mass is 35.5. The zero-order valence-corrected chi connectivity index (χ0v) is 17.7. The Hall–Kier alpha value is -2.89. The highest BCUT2D eigenvalue weighted by molar-refractivity contribution is 6.37. The van der Waals surface area contributed by atoms with Crippen LogP contribution in [-0.2, 0) is 4.79 Å². The molecule has 1 aliphatic heterocycles. The van der Waals surface area contributed by atoms with Gasteiger partial charge in [0.25, 0.3) is 5.91 Å². The van der Waals surface area contributed by atoms with E-state index in [2.05, 4.69) is 10.2 Å². The van der Waals surface area contributed by atoms with Crippen molar-refractivity contribution in [2.24, 2.45) is 5.10 Å². The van der Waals surface area contributed by atoms with Gasteiger partial charge in [0, 0.05) is 5.56 Å². The fourth-order valence-corrected chi connectivity index (χ4v) is 3.69. The van der Waals surface area contributed by atoms with E-state index in [4.69, 9.17) is 23.2 Å². The molecular weight excluding hydrogens is 407 g/mol. The predicted octanol–water partition coefficient (Wildman–Crippen LogP) is 5.60. The van der Waals surface area contributed by atoms with Gasteiger partial charge in [-0.15, -0.1) is 0 Å². The first-order valence-corrected chi connectivity index (χ1v) is 9.81. The summed E-state index contributed by atoms with van der Waals surface area (Å²) in [6.45, 7) is 5.67. The molecule has 1 aromatic heterocycles. The number of para-hydroxylation sites is 1. The summed E-state index contributed by atoms with van der Waals surface area (Å²) in [5, 5.41) is 11.2. The number of aromatic nitrogens is 2. The van der Waals surface area contributed by atoms with Gasteiger partial charge in [0.05, 0.1) is 33.4 Å². The van der Waals surface area contributed by atoms with E-state index in [0.717, 1.165) is 16.9 Å². The number of carbonyl (C=O) groups is 1. The second kappa shape index (κ2) is 7.50. The molecule has 0 N–H and O–H groups in total. The fraction of sp³-hybridized carbons (Fsp3) is 0.136. The van der Waals surface area contributed by atoms with Crippen LogP contribution in [0.5, 0.6) is 0 Å². The van der Waals surface area contributed by atoms with Crippen LogP contribution in [-0.4, -0.2) is 21.4 Å². The molecule has 0 aliphatic carbocycles. The van der Waals surface area contributed by atoms with Gasteiger partial charge in [-0.05, 0) is 51.1 Å². The summed E-state index contributed by atoms with van der Waals surface area (Å²) >= 11 is 12.9. The molecule has 1 amide bonds. The minimum atomic E-state index is -0.255. The number of hydrazone groups is 1. The first-order valence-electron chi connectivity index (χ1n) is 9.05. The summed E-state index contributed by atoms with van der Waals surface area (Å²) in [7, 11) is 0. The van der Waals surface area contributed by atoms with Crippen LogP contribution in [0.4, 0.5) is 5.69 Å². The van der Waals surface area contributed by atoms with E-state index in [0.29, 0.717) is 32.7 Å². The fourth-order valence-electron chi connectivity index (χ4n) is 3.15. The molecule has 0 spiro atoms. The molecule has 0 atom stereocenters. The maximum absolute atomic E-state index is 13.0. The maximum atomic E-state index is 13.0. The monoisotopic (exact) mass is 424 g/mol. The molecule has 3 aromatic rings. The molecular formula is C22H18Cl2N4O. The zero-order valence-electron chi connectivity index (χ0n) is 16.1. The van der Waals surface area contributed by atoms with E-state index < -0.39 is 0 Å². The number of hydrogen-bond donors (Lipinski definition) is 0. The molecule has 0 saturated carbocycles. The van der Waals surface area contributed by atoms with Crippen molar-refractivity contribution in [3.8, 4) is 5.69 Å². The smallest absolute Gasteiger partial charge is 0.267 e. The molecule has 5 nitrogen and oxygen atoms in total. The Morgan fingerprint density at radius 1 is 0.966 bits per heavy atom. The Bertz CT molecular complexity index is 1180. The third-order valence-corrected chi connectivity index (χ3v) is 5.44. The lowest BCUT2D eigenvalue weighted by atomic mass is 10.1. The second-order valence-electron chi connectivity index (χ2n) is 6.85. The minimum absolute atomic E-state index is 0.255. The summed E-state index contributed by atoms with van der Waals surface area (Å²) in [4.78, 5) is 13.0. The third kappa shape index (κ3) is 3.48. The van der Waals surface area contributed by atoms with Crippen molar-refractivity contribution in [3.63, 3.8) is 0 Å². The Kier molecular flexibility index (Phi) is 5.03. The number of nitrogens with zero attached hydrogens (tertiary/aromatic N) is 4. The lowest BCUT2D eigenvalue weighted by molar-refractivity contribution is -0.114. The summed E-state index contributed by atoms with van der Waals surface area (Å²) in [5.41, 5.74) is 5.01. The number of hydrogen-bond acceptors (Lipinski definition) is 3. The molecule has 0 unspecified atom stereocenters. The SMILES string of the molecule is CC1=NN(c2ccccc2Cl)C(=O)/C1=C\c1c(C)nn(-c2ccc(C)cc2)c1Cl. The van der Waals surface area contributed by atoms with Crippen molar-refractivity contribution >= 4 is 46.6 Å². The van der Waals surface area contributed by atoms with E-state index in [-0.39, 0.29) is 5.91 Å². The average Bonchev–Trinajstić information content (AvgIpc) is 3.14. The van der Waals surface area contributed by atoms with Crippen LogP contribution in [0.25, 0.3) is 11.8 Å². The molecule has 0 radical (unpaired) electrons. The molecule has 4 rings (SSSR count). The summed E-state index contributed by atoms with van der Waals surface area (Å²) in [6.07, 6.45) is 1.74. The summed E-state index contributed by atoms with van der Waals surface area (Å²) < 4.78 is 1.67. The zero-order chi connectivity index (χ0) is 20.7. The van der Waals surface area contributed by atoms with Crippen LogP contribution < -0.4 is 5.01 Å². The van der Waals surface area contributed by atoms with Gasteiger partial charge < -0.3 is 0 Å². The molecule has 7 heteroatoms. The van der Waals surface area contributed by atoms with Crippen LogP contribution in [0.3, 0.4) is 0 Å². The molecule has 1 aliphatic rings. The Morgan fingerprint density at radius 2 is 1.66 bits per heavy atom. The van der Waals surface area contributed by atoms with E-state index in [1.165, 1.54) is 5.01 Å². The van der Waals surface area contributed by atoms with Crippen LogP contribution >= 0.6 is 23.2 Å². The Balaban J connectivity index is 1.74. The Labute approximate surface area is 178 Å². The largest absolute Gasteiger partial charge is 0.280 e. The van der Waals surface area contributed by atoms with E-state index >= 15 is 0 Å². The van der Waals surface area contributed by atoms with Crippen molar-refractivity contribution in [3.05, 3.63) is 81.1 Å². The first kappa shape index (κ1) is 19.4. The highest BCUT2D eigenvalue weighted by Gasteiger charge is 2.30. The number of benzene rings is 2. The van der Waals surface area contributed by atoms with Crippen molar-refractivity contribution in [2.75, 3.05) is 5.01 Å². The lowest BCUT2D eigenvalue weighted by Gasteiger charge is -2.13. The first-order chi connectivity index (χ1) is 13.9. The minimum Gasteiger partial charge on any atom is -0.267 e. The molecule has 0 fully saturated rings. The van der Waals surface area contributed by atoms with E-state index in [1.807, 2.05) is 50.2 Å². The maximum Gasteiger partial charge on any atom is 0.280 e. The second-order valence-corrected chi connectivity index (χ2v) is 7.61.